The summed E-state index contributed by atoms with van der Waals surface area (Å²) in [4.78, 5) is 58.9. The molecule has 3 N–H and O–H groups in total. The number of likely N-dealkylation sites (tertiary alicyclic amines) is 1. The van der Waals surface area contributed by atoms with Gasteiger partial charge in [-0.15, -0.1) is 0 Å². The van der Waals surface area contributed by atoms with Crippen LogP contribution in [0, 0.1) is 11.8 Å². The number of methoxy groups -OCH3 is 1. The Labute approximate surface area is 317 Å². The number of pyridine rings is 1. The molecule has 56 heavy (non-hydrogen) atoms. The Morgan fingerprint density at radius 1 is 1.02 bits per heavy atom. The lowest BCUT2D eigenvalue weighted by Gasteiger charge is -2.35. The van der Waals surface area contributed by atoms with Crippen molar-refractivity contribution in [2.45, 2.75) is 108 Å². The first-order valence-electron chi connectivity index (χ1n) is 17.5. The van der Waals surface area contributed by atoms with Crippen molar-refractivity contribution < 1.29 is 72.3 Å². The highest BCUT2D eigenvalue weighted by Crippen LogP contribution is 2.47. The summed E-state index contributed by atoms with van der Waals surface area (Å²) in [5.74, 6) is -9.12. The van der Waals surface area contributed by atoms with E-state index < -0.39 is 107 Å². The molecule has 0 radical (unpaired) electrons. The van der Waals surface area contributed by atoms with Crippen molar-refractivity contribution in [1.29, 1.82) is 0 Å². The quantitative estimate of drug-likeness (QED) is 0.247. The molecule has 3 aliphatic rings. The summed E-state index contributed by atoms with van der Waals surface area (Å²) in [6, 6.07) is 1.07. The van der Waals surface area contributed by atoms with Gasteiger partial charge in [-0.2, -0.15) is 34.8 Å². The maximum atomic E-state index is 14.2. The number of alkyl carbamates (subject to hydrolysis) is 1. The standard InChI is InChI=1S/C34H41F6N5O10S/c1-6-18-15-32(18,29(48)44-56(50,51)55-19-7-8-19)43-26(46)23-14-21(53-27-22-10-9-20(52-5)13-17(22)11-12-41-27)16-45(23)28(47)24(42-30(49)54-31(2,3)4)25(33(35,36)37)34(38,39)40/h9-13,18-19,21,23-25H,6-8,14-16H2,1-5H3,(H,42,49)(H,43,46)(H,44,48)/t18-,21?,23+,24+,32-/m1/s1. The molecule has 2 heterocycles. The number of alkyl halides is 6. The molecule has 1 aliphatic heterocycles. The Morgan fingerprint density at radius 2 is 1.68 bits per heavy atom. The predicted molar refractivity (Wildman–Crippen MR) is 182 cm³/mol. The molecule has 22 heteroatoms. The molecule has 0 bridgehead atoms. The molecule has 1 aromatic heterocycles. The predicted octanol–water partition coefficient (Wildman–Crippen LogP) is 4.05. The van der Waals surface area contributed by atoms with Crippen molar-refractivity contribution in [1.82, 2.24) is 25.2 Å². The lowest BCUT2D eigenvalue weighted by Crippen LogP contribution is -2.62. The van der Waals surface area contributed by atoms with Gasteiger partial charge in [-0.25, -0.2) is 14.5 Å². The second-order valence-electron chi connectivity index (χ2n) is 14.8. The van der Waals surface area contributed by atoms with Crippen LogP contribution in [0.25, 0.3) is 10.8 Å². The lowest BCUT2D eigenvalue weighted by molar-refractivity contribution is -0.290. The Bertz CT molecular complexity index is 1940. The lowest BCUT2D eigenvalue weighted by atomic mass is 9.96. The Hall–Kier alpha value is -4.60. The van der Waals surface area contributed by atoms with Crippen LogP contribution in [-0.4, -0.2) is 104 Å². The monoisotopic (exact) mass is 825 g/mol. The van der Waals surface area contributed by atoms with Crippen molar-refractivity contribution in [2.75, 3.05) is 13.7 Å². The maximum absolute atomic E-state index is 14.2. The average Bonchev–Trinajstić information content (AvgIpc) is 3.97. The third-order valence-corrected chi connectivity index (χ3v) is 10.4. The van der Waals surface area contributed by atoms with E-state index in [0.717, 1.165) is 0 Å². The van der Waals surface area contributed by atoms with Gasteiger partial charge < -0.3 is 29.7 Å². The van der Waals surface area contributed by atoms with Gasteiger partial charge >= 0.3 is 28.8 Å². The number of aromatic nitrogens is 1. The largest absolute Gasteiger partial charge is 0.497 e. The molecule has 3 fully saturated rings. The number of fused-ring (bicyclic) bond motifs is 1. The van der Waals surface area contributed by atoms with E-state index in [4.69, 9.17) is 18.4 Å². The Morgan fingerprint density at radius 3 is 2.23 bits per heavy atom. The van der Waals surface area contributed by atoms with Gasteiger partial charge in [0, 0.05) is 18.0 Å². The summed E-state index contributed by atoms with van der Waals surface area (Å²) in [6.07, 6.45) is -14.2. The topological polar surface area (TPSA) is 192 Å². The molecule has 5 rings (SSSR count). The average molecular weight is 826 g/mol. The van der Waals surface area contributed by atoms with Crippen LogP contribution in [0.2, 0.25) is 0 Å². The molecule has 2 aromatic rings. The van der Waals surface area contributed by atoms with Crippen molar-refractivity contribution in [3.8, 4) is 11.6 Å². The fourth-order valence-electron chi connectivity index (χ4n) is 6.53. The summed E-state index contributed by atoms with van der Waals surface area (Å²) < 4.78 is 133. The van der Waals surface area contributed by atoms with Crippen LogP contribution in [-0.2, 0) is 33.6 Å². The summed E-state index contributed by atoms with van der Waals surface area (Å²) in [6.45, 7) is 4.69. The minimum absolute atomic E-state index is 0.0690. The summed E-state index contributed by atoms with van der Waals surface area (Å²) >= 11 is 0. The van der Waals surface area contributed by atoms with Crippen LogP contribution in [0.1, 0.15) is 59.8 Å². The Balaban J connectivity index is 1.51. The van der Waals surface area contributed by atoms with Crippen molar-refractivity contribution in [3.05, 3.63) is 30.5 Å². The third-order valence-electron chi connectivity index (χ3n) is 9.39. The van der Waals surface area contributed by atoms with Gasteiger partial charge in [-0.1, -0.05) is 13.3 Å². The fraction of sp³-hybridized carbons (Fsp3) is 0.618. The van der Waals surface area contributed by atoms with Gasteiger partial charge in [-0.3, -0.25) is 18.6 Å². The van der Waals surface area contributed by atoms with E-state index in [9.17, 15) is 53.9 Å². The molecular weight excluding hydrogens is 784 g/mol. The third kappa shape index (κ3) is 9.85. The molecule has 0 spiro atoms. The van der Waals surface area contributed by atoms with Crippen LogP contribution >= 0.6 is 0 Å². The van der Waals surface area contributed by atoms with Crippen molar-refractivity contribution >= 4 is 44.9 Å². The van der Waals surface area contributed by atoms with E-state index in [0.29, 0.717) is 34.3 Å². The number of nitrogens with zero attached hydrogens (tertiary/aromatic N) is 2. The normalized spacial score (nSPS) is 23.4. The SMILES string of the molecule is CC[C@@H]1C[C@]1(NC(=O)[C@@H]1CC(Oc2nccc3cc(OC)ccc23)CN1C(=O)[C@@H](NC(=O)OC(C)(C)C)C(C(F)(F)F)C(F)(F)F)C(=O)NS(=O)(=O)OC1CC1. The zero-order chi connectivity index (χ0) is 41.6. The van der Waals surface area contributed by atoms with E-state index in [1.165, 1.54) is 39.4 Å². The van der Waals surface area contributed by atoms with Crippen LogP contribution in [0.5, 0.6) is 11.6 Å². The molecule has 310 valence electrons. The molecule has 2 saturated carbocycles. The minimum atomic E-state index is -6.15. The highest BCUT2D eigenvalue weighted by Gasteiger charge is 2.65. The number of rotatable bonds is 13. The number of carbonyl (C=O) groups is 4. The summed E-state index contributed by atoms with van der Waals surface area (Å²) in [5, 5.41) is 4.79. The number of benzene rings is 1. The first kappa shape index (κ1) is 42.5. The number of amides is 4. The molecule has 2 aliphatic carbocycles. The number of ether oxygens (including phenoxy) is 3. The van der Waals surface area contributed by atoms with Gasteiger partial charge in [0.1, 0.15) is 35.1 Å². The van der Waals surface area contributed by atoms with Crippen LogP contribution in [0.3, 0.4) is 0 Å². The Kier molecular flexibility index (Phi) is 11.7. The first-order chi connectivity index (χ1) is 25.9. The van der Waals surface area contributed by atoms with E-state index >= 15 is 0 Å². The summed E-state index contributed by atoms with van der Waals surface area (Å²) in [5.41, 5.74) is -3.31. The van der Waals surface area contributed by atoms with Crippen molar-refractivity contribution in [3.63, 3.8) is 0 Å². The van der Waals surface area contributed by atoms with E-state index in [-0.39, 0.29) is 18.7 Å². The van der Waals surface area contributed by atoms with Crippen LogP contribution < -0.4 is 24.8 Å². The minimum Gasteiger partial charge on any atom is -0.497 e. The van der Waals surface area contributed by atoms with Crippen LogP contribution in [0.15, 0.2) is 30.5 Å². The van der Waals surface area contributed by atoms with Gasteiger partial charge in [0.25, 0.3) is 5.91 Å². The van der Waals surface area contributed by atoms with E-state index in [1.807, 2.05) is 0 Å². The molecule has 1 saturated heterocycles. The first-order valence-corrected chi connectivity index (χ1v) is 18.9. The van der Waals surface area contributed by atoms with Gasteiger partial charge in [0.2, 0.25) is 17.7 Å². The number of nitrogens with one attached hydrogen (secondary N) is 3. The van der Waals surface area contributed by atoms with Gasteiger partial charge in [0.05, 0.1) is 19.8 Å². The van der Waals surface area contributed by atoms with E-state index in [2.05, 4.69) is 10.3 Å². The van der Waals surface area contributed by atoms with Gasteiger partial charge in [-0.05, 0) is 75.6 Å². The highest BCUT2D eigenvalue weighted by atomic mass is 32.2. The summed E-state index contributed by atoms with van der Waals surface area (Å²) in [7, 11) is -3.19. The smallest absolute Gasteiger partial charge is 0.408 e. The number of carbonyl (C=O) groups excluding carboxylic acids is 4. The molecular formula is C34H41F6N5O10S. The molecule has 5 atom stereocenters. The molecule has 1 unspecified atom stereocenters. The zero-order valence-electron chi connectivity index (χ0n) is 30.7. The van der Waals surface area contributed by atoms with Crippen LogP contribution in [0.4, 0.5) is 31.1 Å². The van der Waals surface area contributed by atoms with Crippen molar-refractivity contribution in [2.24, 2.45) is 11.8 Å². The second kappa shape index (κ2) is 15.4. The van der Waals surface area contributed by atoms with Gasteiger partial charge in [0.15, 0.2) is 5.92 Å². The molecule has 4 amide bonds. The number of hydrogen-bond donors (Lipinski definition) is 3. The van der Waals surface area contributed by atoms with E-state index in [1.54, 1.807) is 35.9 Å². The maximum Gasteiger partial charge on any atom is 0.408 e. The molecule has 15 nitrogen and oxygen atoms in total. The molecule has 1 aromatic carbocycles. The fourth-order valence-corrected chi connectivity index (χ4v) is 7.54. The number of halogens is 6. The number of hydrogen-bond acceptors (Lipinski definition) is 11. The zero-order valence-corrected chi connectivity index (χ0v) is 31.6. The second-order valence-corrected chi connectivity index (χ2v) is 16.1. The highest BCUT2D eigenvalue weighted by molar-refractivity contribution is 7.85.